The van der Waals surface area contributed by atoms with Gasteiger partial charge in [-0.1, -0.05) is 6.07 Å². The Bertz CT molecular complexity index is 453. The van der Waals surface area contributed by atoms with Gasteiger partial charge in [0.15, 0.2) is 0 Å². The number of hydrogen-bond donors (Lipinski definition) is 2. The molecule has 1 aromatic rings. The van der Waals surface area contributed by atoms with Crippen molar-refractivity contribution in [1.82, 2.24) is 5.32 Å². The van der Waals surface area contributed by atoms with Crippen LogP contribution in [0.4, 0.5) is 5.69 Å². The van der Waals surface area contributed by atoms with Crippen molar-refractivity contribution in [2.75, 3.05) is 24.5 Å². The van der Waals surface area contributed by atoms with E-state index in [1.165, 1.54) is 0 Å². The van der Waals surface area contributed by atoms with Crippen LogP contribution in [0.3, 0.4) is 0 Å². The average Bonchev–Trinajstić information content (AvgIpc) is 2.87. The third-order valence-electron chi connectivity index (χ3n) is 3.73. The van der Waals surface area contributed by atoms with Crippen molar-refractivity contribution in [2.24, 2.45) is 5.92 Å². The maximum absolute atomic E-state index is 12.4. The minimum absolute atomic E-state index is 0.143. The zero-order valence-corrected chi connectivity index (χ0v) is 11.6. The van der Waals surface area contributed by atoms with Gasteiger partial charge in [0.25, 0.3) is 0 Å². The molecule has 1 atom stereocenters. The van der Waals surface area contributed by atoms with E-state index in [-0.39, 0.29) is 11.7 Å². The van der Waals surface area contributed by atoms with Crippen LogP contribution in [0, 0.1) is 12.8 Å². The number of anilines is 1. The molecule has 0 aliphatic carbocycles. The van der Waals surface area contributed by atoms with Gasteiger partial charge < -0.3 is 15.3 Å². The SMILES string of the molecule is CCN(C(=O)CC1CCNC1)c1cc(O)ccc1C. The first kappa shape index (κ1) is 13.9. The van der Waals surface area contributed by atoms with Gasteiger partial charge in [0.05, 0.1) is 5.69 Å². The molecule has 0 saturated carbocycles. The summed E-state index contributed by atoms with van der Waals surface area (Å²) in [6.45, 7) is 6.50. The summed E-state index contributed by atoms with van der Waals surface area (Å²) >= 11 is 0. The van der Waals surface area contributed by atoms with Crippen LogP contribution >= 0.6 is 0 Å². The van der Waals surface area contributed by atoms with Gasteiger partial charge in [-0.2, -0.15) is 0 Å². The number of benzene rings is 1. The van der Waals surface area contributed by atoms with E-state index >= 15 is 0 Å². The van der Waals surface area contributed by atoms with Gasteiger partial charge in [0, 0.05) is 19.0 Å². The molecule has 19 heavy (non-hydrogen) atoms. The van der Waals surface area contributed by atoms with Crippen LogP contribution in [-0.4, -0.2) is 30.6 Å². The van der Waals surface area contributed by atoms with Crippen LogP contribution in [0.25, 0.3) is 0 Å². The number of amides is 1. The lowest BCUT2D eigenvalue weighted by molar-refractivity contribution is -0.119. The predicted octanol–water partition coefficient (Wildman–Crippen LogP) is 2.05. The molecular formula is C15H22N2O2. The van der Waals surface area contributed by atoms with Gasteiger partial charge in [0.2, 0.25) is 5.91 Å². The fraction of sp³-hybridized carbons (Fsp3) is 0.533. The standard InChI is InChI=1S/C15H22N2O2/c1-3-17(14-9-13(18)5-4-11(14)2)15(19)8-12-6-7-16-10-12/h4-5,9,12,16,18H,3,6-8,10H2,1-2H3. The van der Waals surface area contributed by atoms with Crippen LogP contribution in [0.5, 0.6) is 5.75 Å². The van der Waals surface area contributed by atoms with Gasteiger partial charge in [-0.15, -0.1) is 0 Å². The Morgan fingerprint density at radius 2 is 2.32 bits per heavy atom. The Hall–Kier alpha value is -1.55. The number of hydrogen-bond acceptors (Lipinski definition) is 3. The lowest BCUT2D eigenvalue weighted by atomic mass is 10.0. The van der Waals surface area contributed by atoms with E-state index < -0.39 is 0 Å². The lowest BCUT2D eigenvalue weighted by Crippen LogP contribution is -2.33. The summed E-state index contributed by atoms with van der Waals surface area (Å²) in [6, 6.07) is 5.17. The Labute approximate surface area is 114 Å². The number of phenols is 1. The van der Waals surface area contributed by atoms with Crippen molar-refractivity contribution in [2.45, 2.75) is 26.7 Å². The molecular weight excluding hydrogens is 240 g/mol. The second kappa shape index (κ2) is 6.06. The maximum Gasteiger partial charge on any atom is 0.227 e. The van der Waals surface area contributed by atoms with Gasteiger partial charge >= 0.3 is 0 Å². The van der Waals surface area contributed by atoms with E-state index in [0.29, 0.717) is 18.9 Å². The summed E-state index contributed by atoms with van der Waals surface area (Å²) in [5, 5.41) is 12.9. The average molecular weight is 262 g/mol. The molecule has 1 heterocycles. The number of carbonyl (C=O) groups excluding carboxylic acids is 1. The molecule has 4 heteroatoms. The van der Waals surface area contributed by atoms with Crippen LogP contribution in [0.2, 0.25) is 0 Å². The van der Waals surface area contributed by atoms with E-state index in [1.54, 1.807) is 17.0 Å². The van der Waals surface area contributed by atoms with Crippen molar-refractivity contribution in [3.63, 3.8) is 0 Å². The van der Waals surface area contributed by atoms with Gasteiger partial charge in [-0.05, 0) is 50.9 Å². The molecule has 2 rings (SSSR count). The molecule has 1 aliphatic rings. The highest BCUT2D eigenvalue weighted by Crippen LogP contribution is 2.26. The Morgan fingerprint density at radius 1 is 1.53 bits per heavy atom. The topological polar surface area (TPSA) is 52.6 Å². The van der Waals surface area contributed by atoms with E-state index in [0.717, 1.165) is 30.8 Å². The molecule has 1 aliphatic heterocycles. The molecule has 1 saturated heterocycles. The van der Waals surface area contributed by atoms with E-state index in [1.807, 2.05) is 19.9 Å². The summed E-state index contributed by atoms with van der Waals surface area (Å²) in [4.78, 5) is 14.2. The van der Waals surface area contributed by atoms with E-state index in [4.69, 9.17) is 0 Å². The van der Waals surface area contributed by atoms with Crippen molar-refractivity contribution < 1.29 is 9.90 Å². The largest absolute Gasteiger partial charge is 0.508 e. The highest BCUT2D eigenvalue weighted by atomic mass is 16.3. The van der Waals surface area contributed by atoms with E-state index in [2.05, 4.69) is 5.32 Å². The first-order valence-electron chi connectivity index (χ1n) is 6.92. The second-order valence-corrected chi connectivity index (χ2v) is 5.17. The highest BCUT2D eigenvalue weighted by molar-refractivity contribution is 5.94. The predicted molar refractivity (Wildman–Crippen MR) is 76.5 cm³/mol. The number of nitrogens with zero attached hydrogens (tertiary/aromatic N) is 1. The summed E-state index contributed by atoms with van der Waals surface area (Å²) in [6.07, 6.45) is 1.65. The summed E-state index contributed by atoms with van der Waals surface area (Å²) < 4.78 is 0. The molecule has 1 fully saturated rings. The third kappa shape index (κ3) is 3.26. The molecule has 1 amide bonds. The monoisotopic (exact) mass is 262 g/mol. The van der Waals surface area contributed by atoms with E-state index in [9.17, 15) is 9.90 Å². The van der Waals surface area contributed by atoms with Crippen molar-refractivity contribution >= 4 is 11.6 Å². The van der Waals surface area contributed by atoms with Gasteiger partial charge in [-0.25, -0.2) is 0 Å². The Balaban J connectivity index is 2.13. The van der Waals surface area contributed by atoms with Crippen LogP contribution in [-0.2, 0) is 4.79 Å². The quantitative estimate of drug-likeness (QED) is 0.873. The second-order valence-electron chi connectivity index (χ2n) is 5.17. The molecule has 0 radical (unpaired) electrons. The van der Waals surface area contributed by atoms with Gasteiger partial charge in [0.1, 0.15) is 5.75 Å². The lowest BCUT2D eigenvalue weighted by Gasteiger charge is -2.24. The molecule has 0 aromatic heterocycles. The minimum atomic E-state index is 0.143. The normalized spacial score (nSPS) is 18.5. The number of aryl methyl sites for hydroxylation is 1. The number of nitrogens with one attached hydrogen (secondary N) is 1. The third-order valence-corrected chi connectivity index (χ3v) is 3.73. The highest BCUT2D eigenvalue weighted by Gasteiger charge is 2.22. The minimum Gasteiger partial charge on any atom is -0.508 e. The number of carbonyl (C=O) groups is 1. The molecule has 104 valence electrons. The van der Waals surface area contributed by atoms with Crippen LogP contribution in [0.15, 0.2) is 18.2 Å². The Kier molecular flexibility index (Phi) is 4.43. The smallest absolute Gasteiger partial charge is 0.227 e. The Morgan fingerprint density at radius 3 is 2.95 bits per heavy atom. The summed E-state index contributed by atoms with van der Waals surface area (Å²) in [7, 11) is 0. The maximum atomic E-state index is 12.4. The first-order chi connectivity index (χ1) is 9.11. The molecule has 1 unspecified atom stereocenters. The molecule has 0 bridgehead atoms. The number of rotatable bonds is 4. The number of phenolic OH excluding ortho intramolecular Hbond substituents is 1. The fourth-order valence-corrected chi connectivity index (χ4v) is 2.62. The molecule has 2 N–H and O–H groups in total. The number of aromatic hydroxyl groups is 1. The molecule has 1 aromatic carbocycles. The van der Waals surface area contributed by atoms with Crippen molar-refractivity contribution in [3.8, 4) is 5.75 Å². The summed E-state index contributed by atoms with van der Waals surface area (Å²) in [5.74, 6) is 0.790. The zero-order chi connectivity index (χ0) is 13.8. The fourth-order valence-electron chi connectivity index (χ4n) is 2.62. The first-order valence-corrected chi connectivity index (χ1v) is 6.92. The van der Waals surface area contributed by atoms with Crippen LogP contribution < -0.4 is 10.2 Å². The van der Waals surface area contributed by atoms with Crippen molar-refractivity contribution in [1.29, 1.82) is 0 Å². The van der Waals surface area contributed by atoms with Gasteiger partial charge in [-0.3, -0.25) is 4.79 Å². The summed E-state index contributed by atoms with van der Waals surface area (Å²) in [5.41, 5.74) is 1.83. The zero-order valence-electron chi connectivity index (χ0n) is 11.6. The molecule has 4 nitrogen and oxygen atoms in total. The van der Waals surface area contributed by atoms with Crippen LogP contribution in [0.1, 0.15) is 25.3 Å². The molecule has 0 spiro atoms. The van der Waals surface area contributed by atoms with Crippen molar-refractivity contribution in [3.05, 3.63) is 23.8 Å².